The molecule has 0 unspecified atom stereocenters. The predicted molar refractivity (Wildman–Crippen MR) is 145 cm³/mol. The van der Waals surface area contributed by atoms with Crippen molar-refractivity contribution in [2.24, 2.45) is 0 Å². The lowest BCUT2D eigenvalue weighted by Crippen LogP contribution is -2.57. The molecule has 0 aliphatic carbocycles. The first-order valence-corrected chi connectivity index (χ1v) is 14.4. The van der Waals surface area contributed by atoms with Crippen LogP contribution in [0.15, 0.2) is 12.5 Å². The van der Waals surface area contributed by atoms with E-state index in [4.69, 9.17) is 19.4 Å². The van der Waals surface area contributed by atoms with E-state index in [1.165, 1.54) is 0 Å². The van der Waals surface area contributed by atoms with Gasteiger partial charge in [0.2, 0.25) is 11.9 Å². The Kier molecular flexibility index (Phi) is 6.64. The van der Waals surface area contributed by atoms with Crippen molar-refractivity contribution in [3.05, 3.63) is 16.2 Å². The van der Waals surface area contributed by atoms with Gasteiger partial charge in [0.15, 0.2) is 0 Å². The molecule has 4 saturated heterocycles. The fourth-order valence-corrected chi connectivity index (χ4v) is 6.82. The van der Waals surface area contributed by atoms with Gasteiger partial charge in [-0.05, 0) is 75.6 Å². The van der Waals surface area contributed by atoms with E-state index in [1.807, 2.05) is 31.9 Å². The van der Waals surface area contributed by atoms with Gasteiger partial charge in [0.05, 0.1) is 17.6 Å². The largest absolute Gasteiger partial charge is 0.461 e. The zero-order valence-electron chi connectivity index (χ0n) is 22.0. The molecule has 0 aromatic carbocycles. The van der Waals surface area contributed by atoms with Crippen LogP contribution < -0.4 is 9.64 Å². The highest BCUT2D eigenvalue weighted by Crippen LogP contribution is 2.40. The SMILES string of the molecule is CC(C)(C)OC(=O)N1[C@@H]2CC[C@H]1CN(c1nc(OC[C@@]34CCCN3C[C@H](F)C4)nc(-n3cnc(I)c3)n1)C2. The van der Waals surface area contributed by atoms with E-state index in [0.717, 1.165) is 35.9 Å². The maximum Gasteiger partial charge on any atom is 0.410 e. The van der Waals surface area contributed by atoms with E-state index in [0.29, 0.717) is 44.6 Å². The molecule has 11 nitrogen and oxygen atoms in total. The molecule has 6 heterocycles. The second-order valence-electron chi connectivity index (χ2n) is 11.9. The van der Waals surface area contributed by atoms with Gasteiger partial charge in [0.25, 0.3) is 0 Å². The standard InChI is InChI=1S/C25H34FIN8O3/c1-24(2,3)38-23(36)35-17-5-6-18(35)12-32(11-17)20-29-21(33-13-19(27)28-15-33)31-22(30-20)37-14-25-7-4-8-34(25)10-16(26)9-25/h13,15-18H,4-12,14H2,1-3H3/t16-,17-,18+,25+/m1/s1. The fraction of sp³-hybridized carbons (Fsp3) is 0.720. The number of amides is 1. The lowest BCUT2D eigenvalue weighted by atomic mass is 9.95. The van der Waals surface area contributed by atoms with Crippen LogP contribution in [0, 0.1) is 3.70 Å². The number of halogens is 2. The third-order valence-electron chi connectivity index (χ3n) is 7.97. The van der Waals surface area contributed by atoms with Crippen LogP contribution in [-0.2, 0) is 4.74 Å². The Bertz CT molecular complexity index is 1190. The van der Waals surface area contributed by atoms with Gasteiger partial charge in [-0.25, -0.2) is 14.2 Å². The molecule has 4 aliphatic rings. The van der Waals surface area contributed by atoms with Crippen LogP contribution in [0.3, 0.4) is 0 Å². The monoisotopic (exact) mass is 640 g/mol. The maximum atomic E-state index is 14.3. The summed E-state index contributed by atoms with van der Waals surface area (Å²) < 4.78 is 28.7. The molecule has 6 rings (SSSR count). The topological polar surface area (TPSA) is 102 Å². The molecule has 0 spiro atoms. The Morgan fingerprint density at radius 2 is 1.89 bits per heavy atom. The normalized spacial score (nSPS) is 29.1. The number of piperazine rings is 1. The number of hydrogen-bond donors (Lipinski definition) is 0. The maximum absolute atomic E-state index is 14.3. The van der Waals surface area contributed by atoms with Crippen molar-refractivity contribution in [1.82, 2.24) is 34.3 Å². The summed E-state index contributed by atoms with van der Waals surface area (Å²) in [6, 6.07) is 0.265. The third-order valence-corrected chi connectivity index (χ3v) is 8.53. The van der Waals surface area contributed by atoms with Gasteiger partial charge in [-0.2, -0.15) is 15.0 Å². The number of alkyl halides is 1. The van der Waals surface area contributed by atoms with Gasteiger partial charge < -0.3 is 14.4 Å². The number of nitrogens with zero attached hydrogens (tertiary/aromatic N) is 8. The summed E-state index contributed by atoms with van der Waals surface area (Å²) in [5.74, 6) is 0.919. The summed E-state index contributed by atoms with van der Waals surface area (Å²) >= 11 is 2.14. The number of rotatable bonds is 5. The first kappa shape index (κ1) is 26.0. The molecule has 0 N–H and O–H groups in total. The van der Waals surface area contributed by atoms with E-state index in [9.17, 15) is 9.18 Å². The summed E-state index contributed by atoms with van der Waals surface area (Å²) in [6.07, 6.45) is 6.67. The molecule has 38 heavy (non-hydrogen) atoms. The van der Waals surface area contributed by atoms with Crippen LogP contribution >= 0.6 is 22.6 Å². The van der Waals surface area contributed by atoms with Crippen LogP contribution in [0.2, 0.25) is 0 Å². The molecule has 1 amide bonds. The number of aromatic nitrogens is 5. The van der Waals surface area contributed by atoms with Crippen molar-refractivity contribution >= 4 is 34.6 Å². The van der Waals surface area contributed by atoms with Crippen molar-refractivity contribution in [2.45, 2.75) is 82.3 Å². The zero-order valence-corrected chi connectivity index (χ0v) is 24.2. The first-order chi connectivity index (χ1) is 18.1. The van der Waals surface area contributed by atoms with E-state index in [2.05, 4.69) is 42.4 Å². The second kappa shape index (κ2) is 9.72. The van der Waals surface area contributed by atoms with Gasteiger partial charge in [-0.1, -0.05) is 0 Å². The van der Waals surface area contributed by atoms with E-state index in [1.54, 1.807) is 10.9 Å². The molecular weight excluding hydrogens is 606 g/mol. The molecular formula is C25H34FIN8O3. The van der Waals surface area contributed by atoms with Crippen LogP contribution in [0.5, 0.6) is 6.01 Å². The number of ether oxygens (including phenoxy) is 2. The van der Waals surface area contributed by atoms with Crippen molar-refractivity contribution in [1.29, 1.82) is 0 Å². The summed E-state index contributed by atoms with van der Waals surface area (Å²) in [5.41, 5.74) is -0.837. The third kappa shape index (κ3) is 5.03. The molecule has 206 valence electrons. The average Bonchev–Trinajstić information content (AvgIpc) is 3.58. The summed E-state index contributed by atoms with van der Waals surface area (Å²) in [4.78, 5) is 37.5. The second-order valence-corrected chi connectivity index (χ2v) is 13.0. The lowest BCUT2D eigenvalue weighted by Gasteiger charge is -2.41. The Labute approximate surface area is 235 Å². The van der Waals surface area contributed by atoms with Crippen molar-refractivity contribution in [3.8, 4) is 12.0 Å². The van der Waals surface area contributed by atoms with Gasteiger partial charge in [0, 0.05) is 32.3 Å². The minimum absolute atomic E-state index is 0.0216. The van der Waals surface area contributed by atoms with E-state index in [-0.39, 0.29) is 29.7 Å². The summed E-state index contributed by atoms with van der Waals surface area (Å²) in [6.45, 7) is 8.57. The van der Waals surface area contributed by atoms with Crippen molar-refractivity contribution < 1.29 is 18.7 Å². The number of hydrogen-bond acceptors (Lipinski definition) is 9. The zero-order chi connectivity index (χ0) is 26.7. The minimum atomic E-state index is -0.826. The van der Waals surface area contributed by atoms with Crippen LogP contribution in [0.25, 0.3) is 5.95 Å². The molecule has 2 aromatic rings. The van der Waals surface area contributed by atoms with Crippen LogP contribution in [-0.4, -0.2) is 103 Å². The van der Waals surface area contributed by atoms with Crippen LogP contribution in [0.4, 0.5) is 15.1 Å². The van der Waals surface area contributed by atoms with Gasteiger partial charge in [-0.15, -0.1) is 0 Å². The van der Waals surface area contributed by atoms with Crippen molar-refractivity contribution in [3.63, 3.8) is 0 Å². The van der Waals surface area contributed by atoms with Gasteiger partial charge in [-0.3, -0.25) is 14.4 Å². The molecule has 4 aliphatic heterocycles. The Hall–Kier alpha value is -2.29. The molecule has 13 heteroatoms. The quantitative estimate of drug-likeness (QED) is 0.457. The van der Waals surface area contributed by atoms with Gasteiger partial charge >= 0.3 is 12.1 Å². The Morgan fingerprint density at radius 3 is 2.58 bits per heavy atom. The summed E-state index contributed by atoms with van der Waals surface area (Å²) in [7, 11) is 0. The molecule has 2 aromatic heterocycles. The minimum Gasteiger partial charge on any atom is -0.461 e. The highest BCUT2D eigenvalue weighted by molar-refractivity contribution is 14.1. The van der Waals surface area contributed by atoms with Gasteiger partial charge in [0.1, 0.15) is 28.4 Å². The Morgan fingerprint density at radius 1 is 1.16 bits per heavy atom. The lowest BCUT2D eigenvalue weighted by molar-refractivity contribution is 0.0122. The molecule has 0 radical (unpaired) electrons. The predicted octanol–water partition coefficient (Wildman–Crippen LogP) is 3.21. The average molecular weight is 641 g/mol. The number of anilines is 1. The first-order valence-electron chi connectivity index (χ1n) is 13.3. The van der Waals surface area contributed by atoms with E-state index >= 15 is 0 Å². The number of carbonyl (C=O) groups excluding carboxylic acids is 1. The highest BCUT2D eigenvalue weighted by atomic mass is 127. The molecule has 4 fully saturated rings. The molecule has 0 saturated carbocycles. The van der Waals surface area contributed by atoms with Crippen LogP contribution in [0.1, 0.15) is 52.9 Å². The molecule has 2 bridgehead atoms. The highest BCUT2D eigenvalue weighted by Gasteiger charge is 2.49. The summed E-state index contributed by atoms with van der Waals surface area (Å²) in [5, 5.41) is 0. The van der Waals surface area contributed by atoms with Crippen molar-refractivity contribution in [2.75, 3.05) is 37.7 Å². The van der Waals surface area contributed by atoms with E-state index < -0.39 is 11.8 Å². The molecule has 4 atom stereocenters. The number of imidazole rings is 1. The number of carbonyl (C=O) groups is 1. The number of fused-ring (bicyclic) bond motifs is 3. The fourth-order valence-electron chi connectivity index (χ4n) is 6.39. The smallest absolute Gasteiger partial charge is 0.410 e. The Balaban J connectivity index is 1.25.